The molecule has 1 unspecified atom stereocenters. The number of hydrogen-bond acceptors (Lipinski definition) is 4. The van der Waals surface area contributed by atoms with Gasteiger partial charge >= 0.3 is 0 Å². The van der Waals surface area contributed by atoms with Gasteiger partial charge in [0.05, 0.1) is 25.7 Å². The monoisotopic (exact) mass is 324 g/mol. The average molecular weight is 325 g/mol. The Hall–Kier alpha value is -1.56. The fourth-order valence-electron chi connectivity index (χ4n) is 2.58. The van der Waals surface area contributed by atoms with Crippen LogP contribution >= 0.6 is 12.4 Å². The van der Waals surface area contributed by atoms with Crippen LogP contribution in [0.3, 0.4) is 0 Å². The summed E-state index contributed by atoms with van der Waals surface area (Å²) in [6, 6.07) is 7.91. The number of aryl methyl sites for hydroxylation is 1. The van der Waals surface area contributed by atoms with Crippen LogP contribution in [0, 0.1) is 12.8 Å². The van der Waals surface area contributed by atoms with E-state index >= 15 is 0 Å². The second-order valence-corrected chi connectivity index (χ2v) is 5.34. The largest absolute Gasteiger partial charge is 0.459 e. The molecule has 5 nitrogen and oxygen atoms in total. The van der Waals surface area contributed by atoms with E-state index < -0.39 is 0 Å². The van der Waals surface area contributed by atoms with Gasteiger partial charge in [-0.25, -0.2) is 0 Å². The number of carbonyl (C=O) groups is 1. The SMILES string of the molecule is Cc1c(CNC(=O)C2CNCCOC2)oc2ccccc12.Cl. The molecule has 2 heterocycles. The predicted octanol–water partition coefficient (Wildman–Crippen LogP) is 2.02. The summed E-state index contributed by atoms with van der Waals surface area (Å²) in [5, 5.41) is 7.24. The molecule has 22 heavy (non-hydrogen) atoms. The van der Waals surface area contributed by atoms with Gasteiger partial charge in [0.1, 0.15) is 11.3 Å². The summed E-state index contributed by atoms with van der Waals surface area (Å²) < 4.78 is 11.2. The van der Waals surface area contributed by atoms with Crippen molar-refractivity contribution in [1.29, 1.82) is 0 Å². The van der Waals surface area contributed by atoms with E-state index in [1.165, 1.54) is 0 Å². The summed E-state index contributed by atoms with van der Waals surface area (Å²) in [6.07, 6.45) is 0. The second-order valence-electron chi connectivity index (χ2n) is 5.34. The minimum Gasteiger partial charge on any atom is -0.459 e. The third-order valence-corrected chi connectivity index (χ3v) is 3.87. The van der Waals surface area contributed by atoms with Gasteiger partial charge in [0.15, 0.2) is 0 Å². The Labute approximate surface area is 135 Å². The molecular weight excluding hydrogens is 304 g/mol. The van der Waals surface area contributed by atoms with Crippen molar-refractivity contribution in [3.63, 3.8) is 0 Å². The maximum atomic E-state index is 12.2. The second kappa shape index (κ2) is 7.63. The zero-order chi connectivity index (χ0) is 14.7. The molecule has 1 fully saturated rings. The third-order valence-electron chi connectivity index (χ3n) is 3.87. The number of hydrogen-bond donors (Lipinski definition) is 2. The van der Waals surface area contributed by atoms with Gasteiger partial charge in [-0.3, -0.25) is 4.79 Å². The molecule has 120 valence electrons. The first-order chi connectivity index (χ1) is 10.3. The maximum absolute atomic E-state index is 12.2. The highest BCUT2D eigenvalue weighted by Gasteiger charge is 2.21. The Morgan fingerprint density at radius 2 is 2.23 bits per heavy atom. The van der Waals surface area contributed by atoms with Gasteiger partial charge in [-0.1, -0.05) is 18.2 Å². The van der Waals surface area contributed by atoms with Crippen LogP contribution in [0.4, 0.5) is 0 Å². The molecule has 1 aliphatic rings. The summed E-state index contributed by atoms with van der Waals surface area (Å²) in [4.78, 5) is 12.2. The van der Waals surface area contributed by atoms with Crippen LogP contribution in [0.5, 0.6) is 0 Å². The first-order valence-corrected chi connectivity index (χ1v) is 7.29. The lowest BCUT2D eigenvalue weighted by molar-refractivity contribution is -0.126. The molecule has 0 aliphatic carbocycles. The normalized spacial score (nSPS) is 18.5. The van der Waals surface area contributed by atoms with E-state index in [0.29, 0.717) is 26.3 Å². The number of fused-ring (bicyclic) bond motifs is 1. The molecule has 0 bridgehead atoms. The highest BCUT2D eigenvalue weighted by molar-refractivity contribution is 5.85. The molecule has 0 saturated carbocycles. The van der Waals surface area contributed by atoms with Gasteiger partial charge in [-0.2, -0.15) is 0 Å². The molecule has 2 aromatic rings. The number of benzene rings is 1. The van der Waals surface area contributed by atoms with E-state index in [2.05, 4.69) is 10.6 Å². The number of carbonyl (C=O) groups excluding carboxylic acids is 1. The van der Waals surface area contributed by atoms with E-state index in [-0.39, 0.29) is 24.2 Å². The van der Waals surface area contributed by atoms with E-state index in [1.807, 2.05) is 31.2 Å². The number of amides is 1. The average Bonchev–Trinajstić information content (AvgIpc) is 2.71. The van der Waals surface area contributed by atoms with Crippen molar-refractivity contribution in [1.82, 2.24) is 10.6 Å². The molecule has 1 saturated heterocycles. The van der Waals surface area contributed by atoms with Gasteiger partial charge in [0.25, 0.3) is 0 Å². The number of para-hydroxylation sites is 1. The quantitative estimate of drug-likeness (QED) is 0.906. The summed E-state index contributed by atoms with van der Waals surface area (Å²) in [5.41, 5.74) is 1.94. The van der Waals surface area contributed by atoms with Crippen molar-refractivity contribution >= 4 is 29.3 Å². The van der Waals surface area contributed by atoms with Crippen LogP contribution in [0.2, 0.25) is 0 Å². The summed E-state index contributed by atoms with van der Waals surface area (Å²) in [5.74, 6) is 0.675. The number of halogens is 1. The number of rotatable bonds is 3. The van der Waals surface area contributed by atoms with Crippen LogP contribution in [0.1, 0.15) is 11.3 Å². The minimum absolute atomic E-state index is 0. The predicted molar refractivity (Wildman–Crippen MR) is 87.2 cm³/mol. The van der Waals surface area contributed by atoms with Crippen molar-refractivity contribution in [3.05, 3.63) is 35.6 Å². The number of nitrogens with one attached hydrogen (secondary N) is 2. The molecular formula is C16H21ClN2O3. The Bertz CT molecular complexity index is 633. The van der Waals surface area contributed by atoms with Crippen molar-refractivity contribution in [2.45, 2.75) is 13.5 Å². The fraction of sp³-hybridized carbons (Fsp3) is 0.438. The van der Waals surface area contributed by atoms with Crippen LogP contribution in [0.15, 0.2) is 28.7 Å². The van der Waals surface area contributed by atoms with Gasteiger partial charge < -0.3 is 19.8 Å². The third kappa shape index (κ3) is 3.61. The molecule has 0 radical (unpaired) electrons. The van der Waals surface area contributed by atoms with Crippen molar-refractivity contribution in [2.75, 3.05) is 26.3 Å². The molecule has 2 N–H and O–H groups in total. The molecule has 1 aromatic carbocycles. The molecule has 1 amide bonds. The topological polar surface area (TPSA) is 63.5 Å². The Morgan fingerprint density at radius 1 is 1.41 bits per heavy atom. The van der Waals surface area contributed by atoms with Crippen LogP contribution in [-0.2, 0) is 16.1 Å². The first-order valence-electron chi connectivity index (χ1n) is 7.29. The Kier molecular flexibility index (Phi) is 5.83. The van der Waals surface area contributed by atoms with Crippen LogP contribution in [-0.4, -0.2) is 32.2 Å². The molecule has 0 spiro atoms. The van der Waals surface area contributed by atoms with Crippen molar-refractivity contribution < 1.29 is 13.9 Å². The lowest BCUT2D eigenvalue weighted by Gasteiger charge is -2.13. The number of furan rings is 1. The zero-order valence-electron chi connectivity index (χ0n) is 12.6. The van der Waals surface area contributed by atoms with Gasteiger partial charge in [0.2, 0.25) is 5.91 Å². The molecule has 6 heteroatoms. The fourth-order valence-corrected chi connectivity index (χ4v) is 2.58. The van der Waals surface area contributed by atoms with Gasteiger partial charge in [-0.05, 0) is 13.0 Å². The molecule has 1 aromatic heterocycles. The molecule has 3 rings (SSSR count). The van der Waals surface area contributed by atoms with Gasteiger partial charge in [-0.15, -0.1) is 12.4 Å². The van der Waals surface area contributed by atoms with Crippen LogP contribution < -0.4 is 10.6 Å². The Morgan fingerprint density at radius 3 is 3.05 bits per heavy atom. The summed E-state index contributed by atoms with van der Waals surface area (Å²) in [7, 11) is 0. The van der Waals surface area contributed by atoms with Crippen molar-refractivity contribution in [3.8, 4) is 0 Å². The van der Waals surface area contributed by atoms with Gasteiger partial charge in [0, 0.05) is 24.0 Å². The first kappa shape index (κ1) is 16.8. The lowest BCUT2D eigenvalue weighted by Crippen LogP contribution is -2.37. The van der Waals surface area contributed by atoms with Crippen LogP contribution in [0.25, 0.3) is 11.0 Å². The van der Waals surface area contributed by atoms with E-state index in [4.69, 9.17) is 9.15 Å². The Balaban J connectivity index is 0.00000176. The highest BCUT2D eigenvalue weighted by atomic mass is 35.5. The highest BCUT2D eigenvalue weighted by Crippen LogP contribution is 2.24. The molecule has 1 aliphatic heterocycles. The smallest absolute Gasteiger partial charge is 0.227 e. The summed E-state index contributed by atoms with van der Waals surface area (Å²) >= 11 is 0. The van der Waals surface area contributed by atoms with E-state index in [0.717, 1.165) is 28.8 Å². The summed E-state index contributed by atoms with van der Waals surface area (Å²) in [6.45, 7) is 5.02. The van der Waals surface area contributed by atoms with Crippen molar-refractivity contribution in [2.24, 2.45) is 5.92 Å². The zero-order valence-corrected chi connectivity index (χ0v) is 13.4. The number of ether oxygens (including phenoxy) is 1. The van der Waals surface area contributed by atoms with E-state index in [1.54, 1.807) is 0 Å². The molecule has 1 atom stereocenters. The maximum Gasteiger partial charge on any atom is 0.227 e. The standard InChI is InChI=1S/C16H20N2O3.ClH/c1-11-13-4-2-3-5-14(13)21-15(11)9-18-16(19)12-8-17-6-7-20-10-12;/h2-5,12,17H,6-10H2,1H3,(H,18,19);1H. The lowest BCUT2D eigenvalue weighted by atomic mass is 10.1. The minimum atomic E-state index is -0.141. The van der Waals surface area contributed by atoms with E-state index in [9.17, 15) is 4.79 Å².